The molecule has 1 fully saturated rings. The van der Waals surface area contributed by atoms with Gasteiger partial charge < -0.3 is 10.2 Å². The highest BCUT2D eigenvalue weighted by Crippen LogP contribution is 2.37. The molecule has 0 bridgehead atoms. The number of hydrogen-bond donors (Lipinski definition) is 2. The predicted octanol–water partition coefficient (Wildman–Crippen LogP) is 0.790. The molecular weight excluding hydrogens is 144 g/mol. The van der Waals surface area contributed by atoms with Crippen LogP contribution in [0.2, 0.25) is 0 Å². The molecule has 3 nitrogen and oxygen atoms in total. The van der Waals surface area contributed by atoms with Crippen LogP contribution in [0.15, 0.2) is 11.1 Å². The van der Waals surface area contributed by atoms with Crippen LogP contribution in [-0.4, -0.2) is 22.8 Å². The Morgan fingerprint density at radius 3 is 2.36 bits per heavy atom. The van der Waals surface area contributed by atoms with Crippen LogP contribution in [0.4, 0.5) is 0 Å². The molecule has 0 aromatic rings. The summed E-state index contributed by atoms with van der Waals surface area (Å²) in [5.41, 5.74) is 1.02. The maximum absolute atomic E-state index is 10.5. The highest BCUT2D eigenvalue weighted by atomic mass is 16.4. The van der Waals surface area contributed by atoms with Crippen molar-refractivity contribution < 1.29 is 15.0 Å². The van der Waals surface area contributed by atoms with Crippen molar-refractivity contribution in [2.24, 2.45) is 5.92 Å². The Morgan fingerprint density at radius 1 is 1.55 bits per heavy atom. The van der Waals surface area contributed by atoms with E-state index in [1.54, 1.807) is 6.92 Å². The molecule has 0 atom stereocenters. The van der Waals surface area contributed by atoms with Crippen LogP contribution in [0.25, 0.3) is 0 Å². The van der Waals surface area contributed by atoms with Crippen molar-refractivity contribution in [2.75, 3.05) is 6.61 Å². The normalized spacial score (nSPS) is 19.5. The molecule has 3 heteroatoms. The summed E-state index contributed by atoms with van der Waals surface area (Å²) < 4.78 is 0. The third-order valence-electron chi connectivity index (χ3n) is 2.04. The summed E-state index contributed by atoms with van der Waals surface area (Å²) in [6, 6.07) is 0. The molecule has 1 rings (SSSR count). The van der Waals surface area contributed by atoms with Gasteiger partial charge in [-0.2, -0.15) is 0 Å². The molecule has 0 amide bonds. The van der Waals surface area contributed by atoms with E-state index in [-0.39, 0.29) is 6.61 Å². The molecule has 2 N–H and O–H groups in total. The van der Waals surface area contributed by atoms with Gasteiger partial charge in [-0.05, 0) is 31.3 Å². The Labute approximate surface area is 65.3 Å². The standard InChI is InChI=1S/C8H12O3/c1-5(8(10)11)7(4-9)6-2-3-6/h6,9H,2-4H2,1H3,(H,10,11). The first kappa shape index (κ1) is 8.27. The van der Waals surface area contributed by atoms with Crippen molar-refractivity contribution in [2.45, 2.75) is 19.8 Å². The molecule has 1 aliphatic rings. The summed E-state index contributed by atoms with van der Waals surface area (Å²) >= 11 is 0. The van der Waals surface area contributed by atoms with Crippen LogP contribution in [-0.2, 0) is 4.79 Å². The van der Waals surface area contributed by atoms with Crippen LogP contribution in [0, 0.1) is 5.92 Å². The monoisotopic (exact) mass is 156 g/mol. The van der Waals surface area contributed by atoms with Crippen molar-refractivity contribution in [3.63, 3.8) is 0 Å². The van der Waals surface area contributed by atoms with E-state index in [2.05, 4.69) is 0 Å². The minimum Gasteiger partial charge on any atom is -0.478 e. The Balaban J connectivity index is 2.77. The summed E-state index contributed by atoms with van der Waals surface area (Å²) in [5, 5.41) is 17.4. The second-order valence-electron chi connectivity index (χ2n) is 2.89. The number of aliphatic carboxylic acids is 1. The van der Waals surface area contributed by atoms with Crippen molar-refractivity contribution in [3.8, 4) is 0 Å². The Kier molecular flexibility index (Phi) is 2.29. The lowest BCUT2D eigenvalue weighted by Gasteiger charge is -2.03. The molecule has 11 heavy (non-hydrogen) atoms. The molecule has 0 unspecified atom stereocenters. The van der Waals surface area contributed by atoms with Gasteiger partial charge >= 0.3 is 5.97 Å². The maximum Gasteiger partial charge on any atom is 0.331 e. The molecule has 62 valence electrons. The van der Waals surface area contributed by atoms with Gasteiger partial charge in [-0.1, -0.05) is 0 Å². The van der Waals surface area contributed by atoms with Crippen LogP contribution < -0.4 is 0 Å². The van der Waals surface area contributed by atoms with Gasteiger partial charge in [0.15, 0.2) is 0 Å². The van der Waals surface area contributed by atoms with Crippen molar-refractivity contribution in [1.29, 1.82) is 0 Å². The number of carboxylic acid groups (broad SMARTS) is 1. The number of aliphatic hydroxyl groups excluding tert-OH is 1. The average Bonchev–Trinajstić information content (AvgIpc) is 2.72. The third-order valence-corrected chi connectivity index (χ3v) is 2.04. The molecule has 0 aromatic carbocycles. The van der Waals surface area contributed by atoms with E-state index in [0.717, 1.165) is 12.8 Å². The minimum absolute atomic E-state index is 0.108. The molecule has 0 radical (unpaired) electrons. The Bertz CT molecular complexity index is 201. The van der Waals surface area contributed by atoms with E-state index in [4.69, 9.17) is 10.2 Å². The van der Waals surface area contributed by atoms with Gasteiger partial charge in [0, 0.05) is 5.57 Å². The van der Waals surface area contributed by atoms with E-state index in [9.17, 15) is 4.79 Å². The zero-order valence-electron chi connectivity index (χ0n) is 6.50. The van der Waals surface area contributed by atoms with E-state index >= 15 is 0 Å². The summed E-state index contributed by atoms with van der Waals surface area (Å²) in [5.74, 6) is -0.572. The van der Waals surface area contributed by atoms with Crippen LogP contribution >= 0.6 is 0 Å². The zero-order chi connectivity index (χ0) is 8.43. The van der Waals surface area contributed by atoms with Crippen LogP contribution in [0.3, 0.4) is 0 Å². The highest BCUT2D eigenvalue weighted by molar-refractivity contribution is 5.87. The van der Waals surface area contributed by atoms with Gasteiger partial charge in [0.25, 0.3) is 0 Å². The molecule has 0 aliphatic heterocycles. The van der Waals surface area contributed by atoms with E-state index < -0.39 is 5.97 Å². The predicted molar refractivity (Wildman–Crippen MR) is 40.1 cm³/mol. The fourth-order valence-electron chi connectivity index (χ4n) is 1.12. The number of aliphatic hydroxyl groups is 1. The van der Waals surface area contributed by atoms with Gasteiger partial charge in [-0.25, -0.2) is 4.79 Å². The second-order valence-corrected chi connectivity index (χ2v) is 2.89. The summed E-state index contributed by atoms with van der Waals surface area (Å²) in [4.78, 5) is 10.5. The minimum atomic E-state index is -0.916. The molecule has 0 spiro atoms. The number of hydrogen-bond acceptors (Lipinski definition) is 2. The van der Waals surface area contributed by atoms with E-state index in [1.807, 2.05) is 0 Å². The number of carbonyl (C=O) groups is 1. The first-order valence-corrected chi connectivity index (χ1v) is 3.70. The first-order valence-electron chi connectivity index (χ1n) is 3.70. The lowest BCUT2D eigenvalue weighted by Crippen LogP contribution is -2.05. The van der Waals surface area contributed by atoms with E-state index in [0.29, 0.717) is 17.1 Å². The lowest BCUT2D eigenvalue weighted by atomic mass is 10.1. The van der Waals surface area contributed by atoms with Crippen molar-refractivity contribution >= 4 is 5.97 Å². The quantitative estimate of drug-likeness (QED) is 0.594. The molecule has 0 saturated heterocycles. The largest absolute Gasteiger partial charge is 0.478 e. The number of rotatable bonds is 3. The third kappa shape index (κ3) is 1.80. The fourth-order valence-corrected chi connectivity index (χ4v) is 1.12. The number of carboxylic acids is 1. The van der Waals surface area contributed by atoms with Gasteiger partial charge in [0.05, 0.1) is 6.61 Å². The van der Waals surface area contributed by atoms with Gasteiger partial charge in [-0.15, -0.1) is 0 Å². The average molecular weight is 156 g/mol. The van der Waals surface area contributed by atoms with Gasteiger partial charge in [-0.3, -0.25) is 0 Å². The van der Waals surface area contributed by atoms with Crippen molar-refractivity contribution in [3.05, 3.63) is 11.1 Å². The van der Waals surface area contributed by atoms with Gasteiger partial charge in [0.1, 0.15) is 0 Å². The smallest absolute Gasteiger partial charge is 0.331 e. The van der Waals surface area contributed by atoms with E-state index in [1.165, 1.54) is 0 Å². The Hall–Kier alpha value is -0.830. The molecular formula is C8H12O3. The maximum atomic E-state index is 10.5. The van der Waals surface area contributed by atoms with Crippen LogP contribution in [0.5, 0.6) is 0 Å². The Morgan fingerprint density at radius 2 is 2.09 bits per heavy atom. The SMILES string of the molecule is CC(C(=O)O)=C(CO)C1CC1. The molecule has 0 heterocycles. The van der Waals surface area contributed by atoms with Crippen LogP contribution in [0.1, 0.15) is 19.8 Å². The summed E-state index contributed by atoms with van der Waals surface area (Å²) in [6.45, 7) is 1.44. The molecule has 1 saturated carbocycles. The topological polar surface area (TPSA) is 57.5 Å². The van der Waals surface area contributed by atoms with Gasteiger partial charge in [0.2, 0.25) is 0 Å². The first-order chi connectivity index (χ1) is 5.16. The zero-order valence-corrected chi connectivity index (χ0v) is 6.50. The lowest BCUT2D eigenvalue weighted by molar-refractivity contribution is -0.132. The molecule has 1 aliphatic carbocycles. The van der Waals surface area contributed by atoms with Crippen molar-refractivity contribution in [1.82, 2.24) is 0 Å². The fraction of sp³-hybridized carbons (Fsp3) is 0.625. The second kappa shape index (κ2) is 3.05. The molecule has 0 aromatic heterocycles. The summed E-state index contributed by atoms with van der Waals surface area (Å²) in [7, 11) is 0. The summed E-state index contributed by atoms with van der Waals surface area (Å²) in [6.07, 6.45) is 2.06. The highest BCUT2D eigenvalue weighted by Gasteiger charge is 2.28.